The zero-order chi connectivity index (χ0) is 16.6. The van der Waals surface area contributed by atoms with Gasteiger partial charge in [0.2, 0.25) is 0 Å². The van der Waals surface area contributed by atoms with Crippen molar-refractivity contribution in [2.45, 2.75) is 19.3 Å². The highest BCUT2D eigenvalue weighted by Gasteiger charge is 2.32. The Morgan fingerprint density at radius 1 is 1.13 bits per heavy atom. The van der Waals surface area contributed by atoms with Gasteiger partial charge in [0, 0.05) is 24.1 Å². The molecule has 0 bridgehead atoms. The molecule has 23 heavy (non-hydrogen) atoms. The van der Waals surface area contributed by atoms with Crippen molar-refractivity contribution < 1.29 is 17.6 Å². The lowest BCUT2D eigenvalue weighted by Crippen LogP contribution is -2.04. The Bertz CT molecular complexity index is 856. The van der Waals surface area contributed by atoms with Crippen LogP contribution in [-0.4, -0.2) is 19.9 Å². The van der Waals surface area contributed by atoms with Crippen molar-refractivity contribution in [1.82, 2.24) is 19.9 Å². The summed E-state index contributed by atoms with van der Waals surface area (Å²) in [7, 11) is 0. The SMILES string of the molecule is Nc1cc(CF)nc(Cc2cnc3[nH]c(C(F)(F)F)cc3c2)n1. The molecule has 3 heterocycles. The number of aromatic amines is 1. The molecule has 0 fully saturated rings. The molecule has 0 atom stereocenters. The number of pyridine rings is 1. The third-order valence-corrected chi connectivity index (χ3v) is 3.18. The maximum absolute atomic E-state index is 12.7. The van der Waals surface area contributed by atoms with Gasteiger partial charge in [-0.1, -0.05) is 0 Å². The average Bonchev–Trinajstić information content (AvgIpc) is 2.90. The van der Waals surface area contributed by atoms with E-state index in [0.29, 0.717) is 10.9 Å². The highest BCUT2D eigenvalue weighted by molar-refractivity contribution is 5.77. The van der Waals surface area contributed by atoms with E-state index in [4.69, 9.17) is 5.73 Å². The first-order chi connectivity index (χ1) is 10.8. The molecule has 0 aromatic carbocycles. The first-order valence-corrected chi connectivity index (χ1v) is 6.58. The molecule has 0 radical (unpaired) electrons. The van der Waals surface area contributed by atoms with Crippen LogP contribution in [0.4, 0.5) is 23.4 Å². The van der Waals surface area contributed by atoms with Gasteiger partial charge in [-0.3, -0.25) is 0 Å². The molecule has 0 aliphatic carbocycles. The lowest BCUT2D eigenvalue weighted by molar-refractivity contribution is -0.140. The van der Waals surface area contributed by atoms with Gasteiger partial charge < -0.3 is 10.7 Å². The summed E-state index contributed by atoms with van der Waals surface area (Å²) in [5.41, 5.74) is 5.59. The summed E-state index contributed by atoms with van der Waals surface area (Å²) in [6.07, 6.45) is -2.86. The first-order valence-electron chi connectivity index (χ1n) is 6.58. The second-order valence-corrected chi connectivity index (χ2v) is 4.97. The van der Waals surface area contributed by atoms with Crippen molar-refractivity contribution >= 4 is 16.9 Å². The Morgan fingerprint density at radius 3 is 2.61 bits per heavy atom. The van der Waals surface area contributed by atoms with E-state index < -0.39 is 18.5 Å². The van der Waals surface area contributed by atoms with Gasteiger partial charge in [0.05, 0.1) is 5.69 Å². The molecule has 0 aliphatic heterocycles. The third kappa shape index (κ3) is 3.22. The minimum Gasteiger partial charge on any atom is -0.384 e. The van der Waals surface area contributed by atoms with Crippen LogP contribution in [0.1, 0.15) is 22.8 Å². The number of nitrogens with two attached hydrogens (primary N) is 1. The number of rotatable bonds is 3. The molecule has 5 nitrogen and oxygen atoms in total. The second-order valence-electron chi connectivity index (χ2n) is 4.97. The van der Waals surface area contributed by atoms with Gasteiger partial charge >= 0.3 is 6.18 Å². The fraction of sp³-hybridized carbons (Fsp3) is 0.214. The second kappa shape index (κ2) is 5.49. The van der Waals surface area contributed by atoms with Crippen LogP contribution in [0.2, 0.25) is 0 Å². The normalized spacial score (nSPS) is 12.0. The van der Waals surface area contributed by atoms with Crippen molar-refractivity contribution in [3.63, 3.8) is 0 Å². The molecular formula is C14H11F4N5. The van der Waals surface area contributed by atoms with Crippen molar-refractivity contribution in [3.8, 4) is 0 Å². The molecule has 3 aromatic heterocycles. The van der Waals surface area contributed by atoms with Crippen LogP contribution >= 0.6 is 0 Å². The van der Waals surface area contributed by atoms with Crippen LogP contribution in [0.25, 0.3) is 11.0 Å². The van der Waals surface area contributed by atoms with E-state index in [9.17, 15) is 17.6 Å². The molecule has 0 spiro atoms. The topological polar surface area (TPSA) is 80.5 Å². The Labute approximate surface area is 127 Å². The molecule has 3 N–H and O–H groups in total. The van der Waals surface area contributed by atoms with Crippen LogP contribution in [0.3, 0.4) is 0 Å². The molecule has 0 unspecified atom stereocenters. The van der Waals surface area contributed by atoms with Crippen LogP contribution in [0, 0.1) is 0 Å². The first kappa shape index (κ1) is 15.2. The molecule has 3 rings (SSSR count). The maximum Gasteiger partial charge on any atom is 0.431 e. The molecule has 0 saturated heterocycles. The minimum atomic E-state index is -4.46. The average molecular weight is 325 g/mol. The predicted molar refractivity (Wildman–Crippen MR) is 75.2 cm³/mol. The molecular weight excluding hydrogens is 314 g/mol. The van der Waals surface area contributed by atoms with E-state index in [-0.39, 0.29) is 29.4 Å². The number of alkyl halides is 4. The zero-order valence-corrected chi connectivity index (χ0v) is 11.7. The van der Waals surface area contributed by atoms with E-state index in [1.807, 2.05) is 0 Å². The van der Waals surface area contributed by atoms with Gasteiger partial charge in [0.25, 0.3) is 0 Å². The largest absolute Gasteiger partial charge is 0.431 e. The molecule has 3 aromatic rings. The summed E-state index contributed by atoms with van der Waals surface area (Å²) in [6, 6.07) is 3.86. The maximum atomic E-state index is 12.7. The fourth-order valence-corrected chi connectivity index (χ4v) is 2.22. The number of nitrogen functional groups attached to an aromatic ring is 1. The summed E-state index contributed by atoms with van der Waals surface area (Å²) in [5, 5.41) is 0.324. The molecule has 0 amide bonds. The quantitative estimate of drug-likeness (QED) is 0.725. The van der Waals surface area contributed by atoms with Gasteiger partial charge in [-0.25, -0.2) is 19.3 Å². The molecule has 0 aliphatic rings. The molecule has 9 heteroatoms. The summed E-state index contributed by atoms with van der Waals surface area (Å²) in [6.45, 7) is -0.774. The number of nitrogens with zero attached hydrogens (tertiary/aromatic N) is 3. The molecule has 120 valence electrons. The van der Waals surface area contributed by atoms with Crippen LogP contribution < -0.4 is 5.73 Å². The van der Waals surface area contributed by atoms with Crippen LogP contribution in [0.15, 0.2) is 24.4 Å². The van der Waals surface area contributed by atoms with E-state index >= 15 is 0 Å². The number of halogens is 4. The van der Waals surface area contributed by atoms with Crippen molar-refractivity contribution in [3.05, 3.63) is 47.2 Å². The highest BCUT2D eigenvalue weighted by Crippen LogP contribution is 2.30. The number of nitrogens with one attached hydrogen (secondary N) is 1. The van der Waals surface area contributed by atoms with Crippen LogP contribution in [0.5, 0.6) is 0 Å². The Morgan fingerprint density at radius 2 is 1.91 bits per heavy atom. The van der Waals surface area contributed by atoms with Gasteiger partial charge in [0.15, 0.2) is 0 Å². The third-order valence-electron chi connectivity index (χ3n) is 3.18. The smallest absolute Gasteiger partial charge is 0.384 e. The fourth-order valence-electron chi connectivity index (χ4n) is 2.22. The van der Waals surface area contributed by atoms with Gasteiger partial charge in [-0.05, 0) is 17.7 Å². The highest BCUT2D eigenvalue weighted by atomic mass is 19.4. The summed E-state index contributed by atoms with van der Waals surface area (Å²) in [4.78, 5) is 14.2. The van der Waals surface area contributed by atoms with Crippen molar-refractivity contribution in [2.75, 3.05) is 5.73 Å². The van der Waals surface area contributed by atoms with Gasteiger partial charge in [0.1, 0.15) is 29.7 Å². The van der Waals surface area contributed by atoms with Crippen molar-refractivity contribution in [1.29, 1.82) is 0 Å². The minimum absolute atomic E-state index is 0.137. The number of fused-ring (bicyclic) bond motifs is 1. The summed E-state index contributed by atoms with van der Waals surface area (Å²) >= 11 is 0. The lowest BCUT2D eigenvalue weighted by Gasteiger charge is -2.04. The predicted octanol–water partition coefficient (Wildman–Crippen LogP) is 3.01. The number of hydrogen-bond acceptors (Lipinski definition) is 4. The number of H-pyrrole nitrogens is 1. The van der Waals surface area contributed by atoms with Crippen LogP contribution in [-0.2, 0) is 19.3 Å². The summed E-state index contributed by atoms with van der Waals surface area (Å²) < 4.78 is 50.7. The molecule has 0 saturated carbocycles. The zero-order valence-electron chi connectivity index (χ0n) is 11.7. The monoisotopic (exact) mass is 325 g/mol. The number of hydrogen-bond donors (Lipinski definition) is 2. The van der Waals surface area contributed by atoms with E-state index in [1.54, 1.807) is 6.07 Å². The van der Waals surface area contributed by atoms with Gasteiger partial charge in [-0.15, -0.1) is 0 Å². The van der Waals surface area contributed by atoms with Crippen molar-refractivity contribution in [2.24, 2.45) is 0 Å². The van der Waals surface area contributed by atoms with E-state index in [0.717, 1.165) is 6.07 Å². The summed E-state index contributed by atoms with van der Waals surface area (Å²) in [5.74, 6) is 0.420. The lowest BCUT2D eigenvalue weighted by atomic mass is 10.1. The standard InChI is InChI=1S/C14H11F4N5/c15-5-9-4-11(19)23-12(21-9)2-7-1-8-3-10(14(16,17)18)22-13(8)20-6-7/h1,3-4,6H,2,5H2,(H,20,22)(H2,19,21,23). The van der Waals surface area contributed by atoms with E-state index in [2.05, 4.69) is 19.9 Å². The Kier molecular flexibility index (Phi) is 3.63. The number of aromatic nitrogens is 4. The van der Waals surface area contributed by atoms with Gasteiger partial charge in [-0.2, -0.15) is 13.2 Å². The Balaban J connectivity index is 1.93. The van der Waals surface area contributed by atoms with E-state index in [1.165, 1.54) is 12.3 Å². The Hall–Kier alpha value is -2.71. The number of anilines is 1.